The van der Waals surface area contributed by atoms with E-state index < -0.39 is 0 Å². The van der Waals surface area contributed by atoms with Gasteiger partial charge in [0.05, 0.1) is 11.6 Å². The van der Waals surface area contributed by atoms with Gasteiger partial charge in [-0.1, -0.05) is 24.3 Å². The van der Waals surface area contributed by atoms with Crippen LogP contribution in [-0.2, 0) is 29.6 Å². The number of fused-ring (bicyclic) bond motifs is 2. The van der Waals surface area contributed by atoms with E-state index in [2.05, 4.69) is 22.5 Å². The Balaban J connectivity index is 1.40. The van der Waals surface area contributed by atoms with Gasteiger partial charge in [0.25, 0.3) is 5.91 Å². The lowest BCUT2D eigenvalue weighted by molar-refractivity contribution is -0.136. The Bertz CT molecular complexity index is 1130. The molecule has 1 aromatic carbocycles. The number of aryl methyl sites for hydroxylation is 2. The summed E-state index contributed by atoms with van der Waals surface area (Å²) in [7, 11) is 1.78. The highest BCUT2D eigenvalue weighted by molar-refractivity contribution is 5.94. The Morgan fingerprint density at radius 1 is 1.06 bits per heavy atom. The second kappa shape index (κ2) is 9.84. The van der Waals surface area contributed by atoms with Crippen LogP contribution in [0.5, 0.6) is 0 Å². The van der Waals surface area contributed by atoms with Gasteiger partial charge in [0.1, 0.15) is 5.69 Å². The van der Waals surface area contributed by atoms with Gasteiger partial charge in [0.2, 0.25) is 11.8 Å². The minimum Gasteiger partial charge on any atom is -0.356 e. The lowest BCUT2D eigenvalue weighted by Crippen LogP contribution is -2.48. The Kier molecular flexibility index (Phi) is 6.62. The van der Waals surface area contributed by atoms with Crippen molar-refractivity contribution >= 4 is 17.7 Å². The normalized spacial score (nSPS) is 25.0. The Morgan fingerprint density at radius 3 is 2.63 bits per heavy atom. The fourth-order valence-corrected chi connectivity index (χ4v) is 6.09. The number of hydrogen-bond acceptors (Lipinski definition) is 4. The topological polar surface area (TPSA) is 87.5 Å². The minimum absolute atomic E-state index is 0.0322. The van der Waals surface area contributed by atoms with Crippen LogP contribution in [0.15, 0.2) is 30.3 Å². The third-order valence-electron chi connectivity index (χ3n) is 7.91. The quantitative estimate of drug-likeness (QED) is 0.720. The molecule has 0 radical (unpaired) electrons. The van der Waals surface area contributed by atoms with Crippen LogP contribution >= 0.6 is 0 Å². The molecule has 8 heteroatoms. The van der Waals surface area contributed by atoms with Crippen molar-refractivity contribution in [1.82, 2.24) is 24.9 Å². The van der Waals surface area contributed by atoms with E-state index >= 15 is 0 Å². The number of carbonyl (C=O) groups excluding carboxylic acids is 3. The molecule has 3 heterocycles. The van der Waals surface area contributed by atoms with E-state index in [-0.39, 0.29) is 35.6 Å². The summed E-state index contributed by atoms with van der Waals surface area (Å²) in [6, 6.07) is 9.80. The van der Waals surface area contributed by atoms with Crippen molar-refractivity contribution in [2.24, 2.45) is 18.9 Å². The third kappa shape index (κ3) is 4.70. The van der Waals surface area contributed by atoms with Crippen LogP contribution in [0.1, 0.15) is 59.4 Å². The standard InChI is InChI=1S/C27H35N5O3/c1-18-14-24(30(2)29-18)27(35)32-12-7-3-6-11-28-25(33)22-15-21(16-23(22)32)26(34)31-13-10-19-8-4-5-9-20(19)17-31/h4-5,8-9,14,21-23H,3,6-7,10-13,15-17H2,1-2H3,(H,28,33)/t21-,22-,23+/m0/s1. The third-order valence-corrected chi connectivity index (χ3v) is 7.91. The van der Waals surface area contributed by atoms with E-state index in [1.807, 2.05) is 28.9 Å². The largest absolute Gasteiger partial charge is 0.356 e. The molecule has 0 unspecified atom stereocenters. The molecule has 2 aromatic rings. The number of rotatable bonds is 2. The maximum Gasteiger partial charge on any atom is 0.272 e. The first-order valence-corrected chi connectivity index (χ1v) is 12.9. The van der Waals surface area contributed by atoms with Crippen LogP contribution < -0.4 is 5.32 Å². The van der Waals surface area contributed by atoms with Crippen molar-refractivity contribution < 1.29 is 14.4 Å². The molecule has 1 N–H and O–H groups in total. The van der Waals surface area contributed by atoms with Gasteiger partial charge < -0.3 is 15.1 Å². The lowest BCUT2D eigenvalue weighted by atomic mass is 9.97. The van der Waals surface area contributed by atoms with Crippen LogP contribution in [0.3, 0.4) is 0 Å². The average molecular weight is 478 g/mol. The van der Waals surface area contributed by atoms with E-state index in [0.717, 1.165) is 31.4 Å². The summed E-state index contributed by atoms with van der Waals surface area (Å²) in [5.74, 6) is -0.659. The zero-order valence-corrected chi connectivity index (χ0v) is 20.7. The van der Waals surface area contributed by atoms with Crippen LogP contribution in [0.25, 0.3) is 0 Å². The van der Waals surface area contributed by atoms with Gasteiger partial charge in [0, 0.05) is 45.2 Å². The molecular weight excluding hydrogens is 442 g/mol. The Morgan fingerprint density at radius 2 is 1.86 bits per heavy atom. The highest BCUT2D eigenvalue weighted by Gasteiger charge is 2.47. The summed E-state index contributed by atoms with van der Waals surface area (Å²) in [4.78, 5) is 44.4. The lowest BCUT2D eigenvalue weighted by Gasteiger charge is -2.34. The van der Waals surface area contributed by atoms with Gasteiger partial charge in [-0.25, -0.2) is 0 Å². The van der Waals surface area contributed by atoms with Crippen molar-refractivity contribution in [1.29, 1.82) is 0 Å². The van der Waals surface area contributed by atoms with Gasteiger partial charge in [0.15, 0.2) is 0 Å². The zero-order chi connectivity index (χ0) is 24.5. The maximum absolute atomic E-state index is 13.7. The first-order chi connectivity index (χ1) is 16.9. The van der Waals surface area contributed by atoms with Gasteiger partial charge in [-0.05, 0) is 62.6 Å². The summed E-state index contributed by atoms with van der Waals surface area (Å²) < 4.78 is 1.62. The second-order valence-electron chi connectivity index (χ2n) is 10.3. The highest BCUT2D eigenvalue weighted by Crippen LogP contribution is 2.38. The van der Waals surface area contributed by atoms with E-state index in [4.69, 9.17) is 0 Å². The molecule has 35 heavy (non-hydrogen) atoms. The monoisotopic (exact) mass is 477 g/mol. The average Bonchev–Trinajstić information content (AvgIpc) is 3.45. The SMILES string of the molecule is Cc1cc(C(=O)N2CCCCCNC(=O)[C@H]3C[C@H](C(=O)N4CCc5ccccc5C4)C[C@H]32)n(C)n1. The molecule has 1 aromatic heterocycles. The molecule has 3 aliphatic rings. The fraction of sp³-hybridized carbons (Fsp3) is 0.556. The van der Waals surface area contributed by atoms with Gasteiger partial charge in [-0.2, -0.15) is 5.10 Å². The zero-order valence-electron chi connectivity index (χ0n) is 20.7. The van der Waals surface area contributed by atoms with E-state index in [0.29, 0.717) is 44.7 Å². The first kappa shape index (κ1) is 23.6. The predicted octanol–water partition coefficient (Wildman–Crippen LogP) is 2.45. The second-order valence-corrected chi connectivity index (χ2v) is 10.3. The van der Waals surface area contributed by atoms with Crippen LogP contribution in [0, 0.1) is 18.8 Å². The molecule has 1 saturated carbocycles. The molecule has 5 rings (SSSR count). The summed E-state index contributed by atoms with van der Waals surface area (Å²) in [5, 5.41) is 7.43. The van der Waals surface area contributed by atoms with Crippen LogP contribution in [0.2, 0.25) is 0 Å². The number of benzene rings is 1. The summed E-state index contributed by atoms with van der Waals surface area (Å²) >= 11 is 0. The molecule has 2 fully saturated rings. The molecule has 0 spiro atoms. The molecular formula is C27H35N5O3. The summed E-state index contributed by atoms with van der Waals surface area (Å²) in [5.41, 5.74) is 3.82. The predicted molar refractivity (Wildman–Crippen MR) is 131 cm³/mol. The smallest absolute Gasteiger partial charge is 0.272 e. The molecule has 3 amide bonds. The van der Waals surface area contributed by atoms with Crippen molar-refractivity contribution in [3.63, 3.8) is 0 Å². The van der Waals surface area contributed by atoms with E-state index in [9.17, 15) is 14.4 Å². The summed E-state index contributed by atoms with van der Waals surface area (Å²) in [6.07, 6.45) is 4.59. The highest BCUT2D eigenvalue weighted by atomic mass is 16.2. The van der Waals surface area contributed by atoms with Crippen molar-refractivity contribution in [3.8, 4) is 0 Å². The minimum atomic E-state index is -0.377. The number of amides is 3. The van der Waals surface area contributed by atoms with Crippen molar-refractivity contribution in [2.45, 2.75) is 58.0 Å². The molecule has 186 valence electrons. The van der Waals surface area contributed by atoms with E-state index in [1.54, 1.807) is 17.8 Å². The Labute approximate surface area is 206 Å². The molecule has 0 bridgehead atoms. The molecule has 1 aliphatic carbocycles. The van der Waals surface area contributed by atoms with Crippen LogP contribution in [0.4, 0.5) is 0 Å². The molecule has 1 saturated heterocycles. The molecule has 3 atom stereocenters. The summed E-state index contributed by atoms with van der Waals surface area (Å²) in [6.45, 7) is 4.43. The van der Waals surface area contributed by atoms with Gasteiger partial charge in [-0.15, -0.1) is 0 Å². The van der Waals surface area contributed by atoms with E-state index in [1.165, 1.54) is 11.1 Å². The fourth-order valence-electron chi connectivity index (χ4n) is 6.09. The maximum atomic E-state index is 13.7. The number of aromatic nitrogens is 2. The van der Waals surface area contributed by atoms with Gasteiger partial charge in [-0.3, -0.25) is 19.1 Å². The van der Waals surface area contributed by atoms with Crippen molar-refractivity contribution in [2.75, 3.05) is 19.6 Å². The Hall–Kier alpha value is -3.16. The molecule has 8 nitrogen and oxygen atoms in total. The number of nitrogens with zero attached hydrogens (tertiary/aromatic N) is 4. The molecule has 2 aliphatic heterocycles. The van der Waals surface area contributed by atoms with Gasteiger partial charge >= 0.3 is 0 Å². The van der Waals surface area contributed by atoms with Crippen LogP contribution in [-0.4, -0.2) is 63.0 Å². The first-order valence-electron chi connectivity index (χ1n) is 12.9. The van der Waals surface area contributed by atoms with Crippen molar-refractivity contribution in [3.05, 3.63) is 52.8 Å². The number of nitrogens with one attached hydrogen (secondary N) is 1. The number of carbonyl (C=O) groups is 3. The number of hydrogen-bond donors (Lipinski definition) is 1.